The lowest BCUT2D eigenvalue weighted by Crippen LogP contribution is -2.62. The third-order valence-electron chi connectivity index (χ3n) is 8.20. The summed E-state index contributed by atoms with van der Waals surface area (Å²) < 4.78 is 5.89. The maximum atomic E-state index is 13.6. The number of benzene rings is 1. The Morgan fingerprint density at radius 2 is 1.85 bits per heavy atom. The van der Waals surface area contributed by atoms with Crippen molar-refractivity contribution in [3.8, 4) is 11.6 Å². The molecule has 1 aromatic carbocycles. The average molecular weight is 575 g/mol. The first kappa shape index (κ1) is 27.3. The smallest absolute Gasteiger partial charge is 0.326 e. The molecule has 10 nitrogen and oxygen atoms in total. The summed E-state index contributed by atoms with van der Waals surface area (Å²) in [5, 5.41) is 12.7. The molecule has 3 fully saturated rings. The molecule has 3 aliphatic heterocycles. The SMILES string of the molecule is C=CC(=O)N[C@@H]1CCCC[C@H]1NC(=O)C1=C2NC(=O)N(c3ccc(Oc4ccccc4)nc3C)C3CCNC(S1)C23. The van der Waals surface area contributed by atoms with Gasteiger partial charge in [-0.1, -0.05) is 49.4 Å². The standard InChI is InChI=1S/C30H34N6O4S/c1-3-23(37)33-19-11-7-8-12-20(19)34-28(38)27-26-25-22(15-16-31-29(25)41-27)36(30(39)35-26)21-13-14-24(32-17(21)2)40-18-9-5-4-6-10-18/h3-6,9-10,13-14,19-20,22,25,29,31H,1,7-8,11-12,15-16H2,2H3,(H,33,37)(H,34,38)(H,35,39)/t19-,20-,22?,25?,29?/m1/s1. The van der Waals surface area contributed by atoms with Gasteiger partial charge in [-0.05, 0) is 57.0 Å². The molecule has 4 amide bonds. The Morgan fingerprint density at radius 3 is 2.59 bits per heavy atom. The first-order valence-electron chi connectivity index (χ1n) is 14.1. The molecule has 41 heavy (non-hydrogen) atoms. The van der Waals surface area contributed by atoms with Crippen LogP contribution in [0.5, 0.6) is 11.6 Å². The lowest BCUT2D eigenvalue weighted by Gasteiger charge is -2.46. The lowest BCUT2D eigenvalue weighted by atomic mass is 9.86. The van der Waals surface area contributed by atoms with Crippen LogP contribution in [0.3, 0.4) is 0 Å². The molecule has 5 atom stereocenters. The van der Waals surface area contributed by atoms with Crippen LogP contribution in [0.25, 0.3) is 0 Å². The third kappa shape index (κ3) is 5.43. The quantitative estimate of drug-likeness (QED) is 0.372. The number of urea groups is 1. The van der Waals surface area contributed by atoms with E-state index in [4.69, 9.17) is 4.74 Å². The van der Waals surface area contributed by atoms with Crippen LogP contribution in [0.4, 0.5) is 10.5 Å². The maximum Gasteiger partial charge on any atom is 0.326 e. The van der Waals surface area contributed by atoms with Crippen LogP contribution in [0.15, 0.2) is 65.7 Å². The zero-order valence-corrected chi connectivity index (χ0v) is 23.7. The molecule has 2 aromatic rings. The van der Waals surface area contributed by atoms with Gasteiger partial charge in [0.15, 0.2) is 0 Å². The van der Waals surface area contributed by atoms with Gasteiger partial charge in [-0.3, -0.25) is 14.5 Å². The topological polar surface area (TPSA) is 125 Å². The fraction of sp³-hybridized carbons (Fsp3) is 0.400. The van der Waals surface area contributed by atoms with Crippen LogP contribution in [-0.2, 0) is 9.59 Å². The first-order chi connectivity index (χ1) is 19.9. The number of para-hydroxylation sites is 1. The molecule has 0 bridgehead atoms. The van der Waals surface area contributed by atoms with Crippen LogP contribution in [0, 0.1) is 12.8 Å². The Bertz CT molecular complexity index is 1400. The van der Waals surface area contributed by atoms with Gasteiger partial charge in [-0.25, -0.2) is 9.78 Å². The maximum absolute atomic E-state index is 13.6. The minimum Gasteiger partial charge on any atom is -0.439 e. The molecule has 0 spiro atoms. The second-order valence-electron chi connectivity index (χ2n) is 10.8. The minimum atomic E-state index is -0.273. The molecule has 1 saturated carbocycles. The normalized spacial score (nSPS) is 27.0. The van der Waals surface area contributed by atoms with Crippen molar-refractivity contribution < 1.29 is 19.1 Å². The highest BCUT2D eigenvalue weighted by atomic mass is 32.2. The highest BCUT2D eigenvalue weighted by Gasteiger charge is 2.52. The summed E-state index contributed by atoms with van der Waals surface area (Å²) in [6.45, 7) is 6.14. The number of aromatic nitrogens is 1. The number of aryl methyl sites for hydroxylation is 1. The minimum absolute atomic E-state index is 0.0378. The summed E-state index contributed by atoms with van der Waals surface area (Å²) in [6, 6.07) is 12.4. The molecule has 3 unspecified atom stereocenters. The van der Waals surface area contributed by atoms with Crippen molar-refractivity contribution in [3.05, 3.63) is 71.4 Å². The van der Waals surface area contributed by atoms with E-state index >= 15 is 0 Å². The molecule has 11 heteroatoms. The molecule has 4 N–H and O–H groups in total. The molecule has 1 aromatic heterocycles. The van der Waals surface area contributed by atoms with Crippen LogP contribution >= 0.6 is 11.8 Å². The van der Waals surface area contributed by atoms with E-state index in [1.807, 2.05) is 43.3 Å². The Hall–Kier alpha value is -3.83. The van der Waals surface area contributed by atoms with Crippen molar-refractivity contribution in [2.75, 3.05) is 11.4 Å². The number of anilines is 1. The number of pyridine rings is 1. The zero-order chi connectivity index (χ0) is 28.5. The summed E-state index contributed by atoms with van der Waals surface area (Å²) >= 11 is 1.47. The van der Waals surface area contributed by atoms with Crippen molar-refractivity contribution >= 4 is 35.3 Å². The van der Waals surface area contributed by atoms with Gasteiger partial charge in [-0.15, -0.1) is 0 Å². The van der Waals surface area contributed by atoms with Crippen molar-refractivity contribution in [1.82, 2.24) is 26.3 Å². The van der Waals surface area contributed by atoms with Crippen LogP contribution in [0.1, 0.15) is 37.8 Å². The summed E-state index contributed by atoms with van der Waals surface area (Å²) in [5.74, 6) is 0.623. The molecule has 2 saturated heterocycles. The number of hydrogen-bond acceptors (Lipinski definition) is 7. The molecule has 6 rings (SSSR count). The molecule has 214 valence electrons. The summed E-state index contributed by atoms with van der Waals surface area (Å²) in [5.41, 5.74) is 2.08. The van der Waals surface area contributed by atoms with Gasteiger partial charge in [0.1, 0.15) is 5.75 Å². The molecule has 4 aliphatic rings. The van der Waals surface area contributed by atoms with E-state index < -0.39 is 0 Å². The summed E-state index contributed by atoms with van der Waals surface area (Å²) in [4.78, 5) is 46.2. The van der Waals surface area contributed by atoms with E-state index in [1.165, 1.54) is 17.8 Å². The Morgan fingerprint density at radius 1 is 1.10 bits per heavy atom. The van der Waals surface area contributed by atoms with Crippen molar-refractivity contribution in [1.29, 1.82) is 0 Å². The molecule has 4 heterocycles. The van der Waals surface area contributed by atoms with E-state index in [2.05, 4.69) is 32.8 Å². The zero-order valence-electron chi connectivity index (χ0n) is 22.9. The van der Waals surface area contributed by atoms with Gasteiger partial charge < -0.3 is 26.0 Å². The number of ether oxygens (including phenoxy) is 1. The number of hydrogen-bond donors (Lipinski definition) is 4. The van der Waals surface area contributed by atoms with Crippen LogP contribution < -0.4 is 30.9 Å². The van der Waals surface area contributed by atoms with E-state index in [0.717, 1.165) is 44.3 Å². The number of nitrogens with zero attached hydrogens (tertiary/aromatic N) is 2. The van der Waals surface area contributed by atoms with Gasteiger partial charge in [0.25, 0.3) is 5.91 Å². The highest BCUT2D eigenvalue weighted by molar-refractivity contribution is 8.04. The highest BCUT2D eigenvalue weighted by Crippen LogP contribution is 2.48. The summed E-state index contributed by atoms with van der Waals surface area (Å²) in [7, 11) is 0. The predicted molar refractivity (Wildman–Crippen MR) is 157 cm³/mol. The summed E-state index contributed by atoms with van der Waals surface area (Å²) in [6.07, 6.45) is 5.55. The molecule has 0 radical (unpaired) electrons. The number of thioether (sulfide) groups is 1. The number of carbonyl (C=O) groups is 3. The van der Waals surface area contributed by atoms with E-state index in [9.17, 15) is 14.4 Å². The number of amides is 4. The van der Waals surface area contributed by atoms with Crippen molar-refractivity contribution in [2.24, 2.45) is 5.92 Å². The Labute approximate surface area is 243 Å². The van der Waals surface area contributed by atoms with Crippen molar-refractivity contribution in [2.45, 2.75) is 62.5 Å². The van der Waals surface area contributed by atoms with Gasteiger partial charge in [0, 0.05) is 29.8 Å². The van der Waals surface area contributed by atoms with Crippen molar-refractivity contribution in [3.63, 3.8) is 0 Å². The second-order valence-corrected chi connectivity index (χ2v) is 11.9. The first-order valence-corrected chi connectivity index (χ1v) is 15.0. The number of nitrogens with one attached hydrogen (secondary N) is 4. The Balaban J connectivity index is 1.23. The van der Waals surface area contributed by atoms with Gasteiger partial charge in [0.05, 0.1) is 27.7 Å². The van der Waals surface area contributed by atoms with Crippen LogP contribution in [-0.4, -0.2) is 52.9 Å². The fourth-order valence-corrected chi connectivity index (χ4v) is 7.70. The van der Waals surface area contributed by atoms with Crippen LogP contribution in [0.2, 0.25) is 0 Å². The molecular weight excluding hydrogens is 540 g/mol. The van der Waals surface area contributed by atoms with Gasteiger partial charge in [0.2, 0.25) is 11.8 Å². The van der Waals surface area contributed by atoms with E-state index in [0.29, 0.717) is 27.9 Å². The fourth-order valence-electron chi connectivity index (χ4n) is 6.31. The number of carbonyl (C=O) groups excluding carboxylic acids is 3. The van der Waals surface area contributed by atoms with Gasteiger partial charge in [-0.2, -0.15) is 0 Å². The largest absolute Gasteiger partial charge is 0.439 e. The number of piperidine rings is 1. The molecular formula is C30H34N6O4S. The Kier molecular flexibility index (Phi) is 7.72. The number of rotatable bonds is 7. The predicted octanol–water partition coefficient (Wildman–Crippen LogP) is 3.70. The second kappa shape index (κ2) is 11.6. The van der Waals surface area contributed by atoms with E-state index in [1.54, 1.807) is 11.0 Å². The third-order valence-corrected chi connectivity index (χ3v) is 9.56. The van der Waals surface area contributed by atoms with Gasteiger partial charge >= 0.3 is 6.03 Å². The van der Waals surface area contributed by atoms with E-state index in [-0.39, 0.29) is 47.3 Å². The average Bonchev–Trinajstić information content (AvgIpc) is 3.35. The molecule has 1 aliphatic carbocycles. The lowest BCUT2D eigenvalue weighted by molar-refractivity contribution is -0.120. The monoisotopic (exact) mass is 574 g/mol.